The van der Waals surface area contributed by atoms with Gasteiger partial charge in [0, 0.05) is 18.3 Å². The Labute approximate surface area is 116 Å². The Morgan fingerprint density at radius 1 is 1.32 bits per heavy atom. The number of pyridine rings is 1. The van der Waals surface area contributed by atoms with Crippen molar-refractivity contribution in [2.75, 3.05) is 6.61 Å². The van der Waals surface area contributed by atoms with Gasteiger partial charge in [-0.3, -0.25) is 4.98 Å². The fraction of sp³-hybridized carbons (Fsp3) is 0.688. The van der Waals surface area contributed by atoms with E-state index in [9.17, 15) is 0 Å². The summed E-state index contributed by atoms with van der Waals surface area (Å²) in [5.74, 6) is 0.933. The predicted molar refractivity (Wildman–Crippen MR) is 78.4 cm³/mol. The van der Waals surface area contributed by atoms with Crippen LogP contribution >= 0.6 is 0 Å². The number of aromatic nitrogens is 1. The second kappa shape index (κ2) is 5.91. The monoisotopic (exact) mass is 262 g/mol. The molecule has 3 nitrogen and oxygen atoms in total. The highest BCUT2D eigenvalue weighted by Gasteiger charge is 2.21. The van der Waals surface area contributed by atoms with Gasteiger partial charge >= 0.3 is 0 Å². The molecule has 0 atom stereocenters. The van der Waals surface area contributed by atoms with Crippen LogP contribution in [0.5, 0.6) is 5.75 Å². The smallest absolute Gasteiger partial charge is 0.142 e. The zero-order valence-corrected chi connectivity index (χ0v) is 12.6. The molecule has 1 aromatic heterocycles. The van der Waals surface area contributed by atoms with Gasteiger partial charge < -0.3 is 10.1 Å². The molecule has 0 unspecified atom stereocenters. The molecule has 106 valence electrons. The first-order valence-corrected chi connectivity index (χ1v) is 7.27. The van der Waals surface area contributed by atoms with E-state index in [2.05, 4.69) is 37.1 Å². The van der Waals surface area contributed by atoms with E-state index >= 15 is 0 Å². The van der Waals surface area contributed by atoms with Crippen LogP contribution in [0.4, 0.5) is 0 Å². The zero-order chi connectivity index (χ0) is 13.9. The first kappa shape index (κ1) is 14.3. The van der Waals surface area contributed by atoms with Gasteiger partial charge in [0.15, 0.2) is 0 Å². The quantitative estimate of drug-likeness (QED) is 0.852. The average molecular weight is 262 g/mol. The summed E-state index contributed by atoms with van der Waals surface area (Å²) in [5, 5.41) is 3.50. The number of nitrogens with zero attached hydrogens (tertiary/aromatic N) is 1. The minimum atomic E-state index is 0.310. The summed E-state index contributed by atoms with van der Waals surface area (Å²) in [6.07, 6.45) is 3.65. The normalized spacial score (nSPS) is 15.6. The summed E-state index contributed by atoms with van der Waals surface area (Å²) >= 11 is 0. The first-order valence-electron chi connectivity index (χ1n) is 7.27. The van der Waals surface area contributed by atoms with Crippen LogP contribution in [0.25, 0.3) is 0 Å². The lowest BCUT2D eigenvalue weighted by Gasteiger charge is -2.19. The molecule has 1 aliphatic carbocycles. The van der Waals surface area contributed by atoms with Gasteiger partial charge in [-0.05, 0) is 43.7 Å². The van der Waals surface area contributed by atoms with Crippen molar-refractivity contribution >= 4 is 0 Å². The van der Waals surface area contributed by atoms with Crippen molar-refractivity contribution in [3.63, 3.8) is 0 Å². The summed E-state index contributed by atoms with van der Waals surface area (Å²) in [6, 6.07) is 4.77. The zero-order valence-electron chi connectivity index (χ0n) is 12.6. The Morgan fingerprint density at radius 2 is 2.05 bits per heavy atom. The maximum Gasteiger partial charge on any atom is 0.142 e. The highest BCUT2D eigenvalue weighted by Crippen LogP contribution is 2.23. The van der Waals surface area contributed by atoms with Gasteiger partial charge in [-0.2, -0.15) is 0 Å². The highest BCUT2D eigenvalue weighted by molar-refractivity contribution is 5.29. The maximum atomic E-state index is 5.92. The Morgan fingerprint density at radius 3 is 2.68 bits per heavy atom. The van der Waals surface area contributed by atoms with Crippen LogP contribution in [0, 0.1) is 12.3 Å². The summed E-state index contributed by atoms with van der Waals surface area (Å²) in [5.41, 5.74) is 2.40. The summed E-state index contributed by atoms with van der Waals surface area (Å²) in [4.78, 5) is 4.60. The van der Waals surface area contributed by atoms with Gasteiger partial charge in [-0.25, -0.2) is 0 Å². The average Bonchev–Trinajstić information content (AvgIpc) is 3.11. The lowest BCUT2D eigenvalue weighted by Crippen LogP contribution is -2.18. The molecule has 0 spiro atoms. The Kier molecular flexibility index (Phi) is 4.46. The molecule has 1 aromatic rings. The number of hydrogen-bond donors (Lipinski definition) is 1. The first-order chi connectivity index (χ1) is 8.94. The molecule has 1 heterocycles. The van der Waals surface area contributed by atoms with Crippen molar-refractivity contribution in [3.8, 4) is 5.75 Å². The molecule has 0 radical (unpaired) electrons. The molecule has 0 aromatic carbocycles. The Balaban J connectivity index is 1.93. The third-order valence-electron chi connectivity index (χ3n) is 3.32. The molecule has 1 N–H and O–H groups in total. The molecule has 1 saturated carbocycles. The van der Waals surface area contributed by atoms with Gasteiger partial charge in [-0.15, -0.1) is 0 Å². The van der Waals surface area contributed by atoms with E-state index in [1.807, 2.05) is 13.0 Å². The number of rotatable bonds is 6. The number of ether oxygens (including phenoxy) is 1. The van der Waals surface area contributed by atoms with Gasteiger partial charge in [0.25, 0.3) is 0 Å². The van der Waals surface area contributed by atoms with Crippen molar-refractivity contribution < 1.29 is 4.74 Å². The second-order valence-electron chi connectivity index (χ2n) is 6.71. The topological polar surface area (TPSA) is 34.1 Å². The van der Waals surface area contributed by atoms with Crippen molar-refractivity contribution in [2.45, 2.75) is 59.5 Å². The third-order valence-corrected chi connectivity index (χ3v) is 3.32. The van der Waals surface area contributed by atoms with Crippen molar-refractivity contribution in [1.29, 1.82) is 0 Å². The molecule has 3 heteroatoms. The van der Waals surface area contributed by atoms with E-state index in [0.29, 0.717) is 11.5 Å². The number of hydrogen-bond acceptors (Lipinski definition) is 3. The highest BCUT2D eigenvalue weighted by atomic mass is 16.5. The predicted octanol–water partition coefficient (Wildman–Crippen LogP) is 3.46. The minimum Gasteiger partial charge on any atom is -0.492 e. The van der Waals surface area contributed by atoms with Gasteiger partial charge in [0.1, 0.15) is 5.75 Å². The van der Waals surface area contributed by atoms with Gasteiger partial charge in [-0.1, -0.05) is 20.8 Å². The van der Waals surface area contributed by atoms with Crippen LogP contribution in [-0.2, 0) is 6.54 Å². The second-order valence-corrected chi connectivity index (χ2v) is 6.71. The summed E-state index contributed by atoms with van der Waals surface area (Å²) in [7, 11) is 0. The number of aryl methyl sites for hydroxylation is 1. The van der Waals surface area contributed by atoms with E-state index in [0.717, 1.165) is 36.7 Å². The van der Waals surface area contributed by atoms with Gasteiger partial charge in [0.05, 0.1) is 12.3 Å². The van der Waals surface area contributed by atoms with Crippen LogP contribution < -0.4 is 10.1 Å². The van der Waals surface area contributed by atoms with Gasteiger partial charge in [0.2, 0.25) is 0 Å². The largest absolute Gasteiger partial charge is 0.492 e. The van der Waals surface area contributed by atoms with Crippen LogP contribution in [0.2, 0.25) is 0 Å². The van der Waals surface area contributed by atoms with Crippen LogP contribution in [0.15, 0.2) is 12.1 Å². The van der Waals surface area contributed by atoms with Crippen molar-refractivity contribution in [1.82, 2.24) is 10.3 Å². The Hall–Kier alpha value is -1.09. The molecule has 2 rings (SSSR count). The maximum absolute atomic E-state index is 5.92. The van der Waals surface area contributed by atoms with Crippen molar-refractivity contribution in [3.05, 3.63) is 23.5 Å². The third kappa shape index (κ3) is 5.19. The molecule has 0 saturated heterocycles. The van der Waals surface area contributed by atoms with Crippen LogP contribution in [-0.4, -0.2) is 17.6 Å². The fourth-order valence-corrected chi connectivity index (χ4v) is 1.85. The van der Waals surface area contributed by atoms with E-state index in [1.54, 1.807) is 0 Å². The molecule has 0 bridgehead atoms. The van der Waals surface area contributed by atoms with E-state index in [-0.39, 0.29) is 0 Å². The SMILES string of the molecule is Cc1ccc(OCCC(C)(C)C)c(CNC2CC2)n1. The summed E-state index contributed by atoms with van der Waals surface area (Å²) < 4.78 is 5.92. The minimum absolute atomic E-state index is 0.310. The van der Waals surface area contributed by atoms with Crippen LogP contribution in [0.3, 0.4) is 0 Å². The molecule has 19 heavy (non-hydrogen) atoms. The van der Waals surface area contributed by atoms with Crippen molar-refractivity contribution in [2.24, 2.45) is 5.41 Å². The Bertz CT molecular complexity index is 419. The van der Waals surface area contributed by atoms with E-state index in [1.165, 1.54) is 12.8 Å². The molecule has 0 aliphatic heterocycles. The fourth-order valence-electron chi connectivity index (χ4n) is 1.85. The molecule has 1 aliphatic rings. The molecular weight excluding hydrogens is 236 g/mol. The number of nitrogens with one attached hydrogen (secondary N) is 1. The van der Waals surface area contributed by atoms with E-state index in [4.69, 9.17) is 4.74 Å². The summed E-state index contributed by atoms with van der Waals surface area (Å²) in [6.45, 7) is 10.3. The van der Waals surface area contributed by atoms with E-state index < -0.39 is 0 Å². The lowest BCUT2D eigenvalue weighted by molar-refractivity contribution is 0.240. The lowest BCUT2D eigenvalue weighted by atomic mass is 9.93. The standard InChI is InChI=1S/C16H26N2O/c1-12-5-8-15(19-10-9-16(2,3)4)14(18-12)11-17-13-6-7-13/h5,8,13,17H,6-7,9-11H2,1-4H3. The molecule has 0 amide bonds. The molecular formula is C16H26N2O. The molecule has 1 fully saturated rings. The van der Waals surface area contributed by atoms with Crippen LogP contribution in [0.1, 0.15) is 51.4 Å².